The number of nitrogens with one attached hydrogen (secondary N) is 3. The lowest BCUT2D eigenvalue weighted by molar-refractivity contribution is -0.383. The third kappa shape index (κ3) is 5.64. The fourth-order valence-corrected chi connectivity index (χ4v) is 3.25. The second-order valence-electron chi connectivity index (χ2n) is 6.55. The first-order chi connectivity index (χ1) is 14.0. The third-order valence-electron chi connectivity index (χ3n) is 4.51. The molecule has 0 unspecified atom stereocenters. The number of benzene rings is 1. The Kier molecular flexibility index (Phi) is 6.96. The van der Waals surface area contributed by atoms with Crippen LogP contribution < -0.4 is 16.2 Å². The largest absolute Gasteiger partial charge is 0.364 e. The number of allylic oxidation sites excluding steroid dienone is 1. The number of anilines is 2. The van der Waals surface area contributed by atoms with Crippen molar-refractivity contribution in [2.75, 3.05) is 17.3 Å². The van der Waals surface area contributed by atoms with Crippen molar-refractivity contribution in [3.05, 3.63) is 62.9 Å². The van der Waals surface area contributed by atoms with Gasteiger partial charge >= 0.3 is 5.69 Å². The lowest BCUT2D eigenvalue weighted by Gasteiger charge is -2.14. The molecule has 3 N–H and O–H groups in total. The quantitative estimate of drug-likeness (QED) is 0.336. The third-order valence-corrected chi connectivity index (χ3v) is 4.74. The number of halogens is 1. The van der Waals surface area contributed by atoms with E-state index in [1.807, 2.05) is 0 Å². The Labute approximate surface area is 172 Å². The molecule has 1 aromatic heterocycles. The first kappa shape index (κ1) is 20.5. The Morgan fingerprint density at radius 1 is 1.24 bits per heavy atom. The number of carbonyl (C=O) groups is 1. The first-order valence-electron chi connectivity index (χ1n) is 9.27. The number of nitro groups is 1. The minimum absolute atomic E-state index is 0.0981. The van der Waals surface area contributed by atoms with Gasteiger partial charge in [0.25, 0.3) is 5.91 Å². The summed E-state index contributed by atoms with van der Waals surface area (Å²) in [5.74, 6) is -0.514. The molecule has 152 valence electrons. The maximum Gasteiger partial charge on any atom is 0.354 e. The van der Waals surface area contributed by atoms with Crippen LogP contribution >= 0.6 is 11.6 Å². The highest BCUT2D eigenvalue weighted by atomic mass is 35.5. The van der Waals surface area contributed by atoms with Crippen LogP contribution in [0.5, 0.6) is 0 Å². The number of nitrogens with zero attached hydrogens (tertiary/aromatic N) is 3. The van der Waals surface area contributed by atoms with Crippen molar-refractivity contribution in [1.82, 2.24) is 15.4 Å². The normalized spacial score (nSPS) is 13.3. The molecule has 2 aromatic rings. The lowest BCUT2D eigenvalue weighted by atomic mass is 9.97. The van der Waals surface area contributed by atoms with Crippen molar-refractivity contribution in [1.29, 1.82) is 0 Å². The first-order valence-corrected chi connectivity index (χ1v) is 9.65. The fraction of sp³-hybridized carbons (Fsp3) is 0.316. The molecule has 29 heavy (non-hydrogen) atoms. The molecule has 0 bridgehead atoms. The van der Waals surface area contributed by atoms with E-state index in [0.717, 1.165) is 19.3 Å². The number of hydrazine groups is 1. The van der Waals surface area contributed by atoms with Crippen LogP contribution in [0.15, 0.2) is 42.2 Å². The second-order valence-corrected chi connectivity index (χ2v) is 6.99. The molecule has 1 aliphatic rings. The van der Waals surface area contributed by atoms with Crippen LogP contribution in [0.25, 0.3) is 0 Å². The van der Waals surface area contributed by atoms with Crippen LogP contribution in [0.4, 0.5) is 17.3 Å². The van der Waals surface area contributed by atoms with Crippen molar-refractivity contribution < 1.29 is 9.72 Å². The van der Waals surface area contributed by atoms with Crippen LogP contribution in [0, 0.1) is 10.1 Å². The van der Waals surface area contributed by atoms with Gasteiger partial charge in [-0.1, -0.05) is 29.3 Å². The zero-order valence-electron chi connectivity index (χ0n) is 15.7. The summed E-state index contributed by atoms with van der Waals surface area (Å²) in [7, 11) is 0. The van der Waals surface area contributed by atoms with E-state index >= 15 is 0 Å². The summed E-state index contributed by atoms with van der Waals surface area (Å²) in [5.41, 5.74) is 6.22. The van der Waals surface area contributed by atoms with Gasteiger partial charge in [-0.3, -0.25) is 25.8 Å². The molecule has 1 heterocycles. The maximum absolute atomic E-state index is 12.2. The molecule has 1 aliphatic carbocycles. The zero-order valence-corrected chi connectivity index (χ0v) is 16.4. The molecule has 0 atom stereocenters. The van der Waals surface area contributed by atoms with Gasteiger partial charge in [0, 0.05) is 17.1 Å². The van der Waals surface area contributed by atoms with Crippen LogP contribution in [0.1, 0.15) is 42.5 Å². The van der Waals surface area contributed by atoms with Gasteiger partial charge in [0.15, 0.2) is 0 Å². The number of amides is 1. The summed E-state index contributed by atoms with van der Waals surface area (Å²) in [4.78, 5) is 31.1. The average molecular weight is 417 g/mol. The Hall–Kier alpha value is -3.20. The summed E-state index contributed by atoms with van der Waals surface area (Å²) < 4.78 is 0. The summed E-state index contributed by atoms with van der Waals surface area (Å²) >= 11 is 5.88. The molecule has 0 radical (unpaired) electrons. The summed E-state index contributed by atoms with van der Waals surface area (Å²) in [6.07, 6.45) is 8.78. The highest BCUT2D eigenvalue weighted by Gasteiger charge is 2.23. The van der Waals surface area contributed by atoms with Gasteiger partial charge in [-0.2, -0.15) is 0 Å². The highest BCUT2D eigenvalue weighted by Crippen LogP contribution is 2.29. The van der Waals surface area contributed by atoms with Crippen LogP contribution in [0.2, 0.25) is 5.02 Å². The van der Waals surface area contributed by atoms with Crippen molar-refractivity contribution in [3.8, 4) is 0 Å². The Morgan fingerprint density at radius 3 is 2.79 bits per heavy atom. The van der Waals surface area contributed by atoms with Crippen LogP contribution in [-0.4, -0.2) is 27.3 Å². The Morgan fingerprint density at radius 2 is 2.07 bits per heavy atom. The standard InChI is InChI=1S/C19H21ClN6O3/c20-15-8-4-7-14(11-15)19(27)25-24-18-16(26(28)29)17(22-12-23-18)21-10-9-13-5-2-1-3-6-13/h4-5,7-8,11-12H,1-3,6,9-10H2,(H,25,27)(H2,21,22,23,24). The van der Waals surface area contributed by atoms with Crippen LogP contribution in [0.3, 0.4) is 0 Å². The average Bonchev–Trinajstić information content (AvgIpc) is 2.72. The molecule has 3 rings (SSSR count). The van der Waals surface area contributed by atoms with Crippen molar-refractivity contribution >= 4 is 34.8 Å². The lowest BCUT2D eigenvalue weighted by Crippen LogP contribution is -2.30. The van der Waals surface area contributed by atoms with E-state index in [2.05, 4.69) is 32.2 Å². The topological polar surface area (TPSA) is 122 Å². The van der Waals surface area contributed by atoms with E-state index in [0.29, 0.717) is 17.1 Å². The summed E-state index contributed by atoms with van der Waals surface area (Å²) in [6.45, 7) is 0.526. The van der Waals surface area contributed by atoms with Gasteiger partial charge in [-0.15, -0.1) is 0 Å². The molecule has 0 spiro atoms. The maximum atomic E-state index is 12.2. The van der Waals surface area contributed by atoms with E-state index in [9.17, 15) is 14.9 Å². The predicted octanol–water partition coefficient (Wildman–Crippen LogP) is 4.10. The minimum atomic E-state index is -0.587. The summed E-state index contributed by atoms with van der Waals surface area (Å²) in [5, 5.41) is 15.0. The fourth-order valence-electron chi connectivity index (χ4n) is 3.06. The minimum Gasteiger partial charge on any atom is -0.364 e. The number of aromatic nitrogens is 2. The van der Waals surface area contributed by atoms with Gasteiger partial charge in [-0.05, 0) is 50.3 Å². The Balaban J connectivity index is 1.66. The van der Waals surface area contributed by atoms with E-state index in [1.54, 1.807) is 18.2 Å². The molecule has 1 amide bonds. The number of hydrogen-bond donors (Lipinski definition) is 3. The van der Waals surface area contributed by atoms with Crippen molar-refractivity contribution in [3.63, 3.8) is 0 Å². The number of hydrogen-bond acceptors (Lipinski definition) is 7. The second kappa shape index (κ2) is 9.83. The zero-order chi connectivity index (χ0) is 20.6. The van der Waals surface area contributed by atoms with Gasteiger partial charge in [0.05, 0.1) is 4.92 Å². The van der Waals surface area contributed by atoms with Gasteiger partial charge in [-0.25, -0.2) is 9.97 Å². The molecule has 9 nitrogen and oxygen atoms in total. The molecule has 0 saturated heterocycles. The Bertz CT molecular complexity index is 934. The van der Waals surface area contributed by atoms with Gasteiger partial charge in [0.1, 0.15) is 6.33 Å². The van der Waals surface area contributed by atoms with Crippen molar-refractivity contribution in [2.24, 2.45) is 0 Å². The molecule has 0 aliphatic heterocycles. The SMILES string of the molecule is O=C(NNc1ncnc(NCCC2=CCCCC2)c1[N+](=O)[O-])c1cccc(Cl)c1. The van der Waals surface area contributed by atoms with E-state index in [4.69, 9.17) is 11.6 Å². The van der Waals surface area contributed by atoms with Gasteiger partial charge in [0.2, 0.25) is 11.6 Å². The molecule has 0 fully saturated rings. The molecular weight excluding hydrogens is 396 g/mol. The predicted molar refractivity (Wildman–Crippen MR) is 111 cm³/mol. The number of carbonyl (C=O) groups excluding carboxylic acids is 1. The van der Waals surface area contributed by atoms with E-state index < -0.39 is 10.8 Å². The molecule has 10 heteroatoms. The number of rotatable bonds is 8. The monoisotopic (exact) mass is 416 g/mol. The van der Waals surface area contributed by atoms with E-state index in [-0.39, 0.29) is 17.3 Å². The van der Waals surface area contributed by atoms with Crippen LogP contribution in [-0.2, 0) is 0 Å². The van der Waals surface area contributed by atoms with Gasteiger partial charge < -0.3 is 5.32 Å². The van der Waals surface area contributed by atoms with E-state index in [1.165, 1.54) is 30.8 Å². The smallest absolute Gasteiger partial charge is 0.354 e. The molecule has 0 saturated carbocycles. The molecular formula is C19H21ClN6O3. The summed E-state index contributed by atoms with van der Waals surface area (Å²) in [6, 6.07) is 6.33. The van der Waals surface area contributed by atoms with Crippen molar-refractivity contribution in [2.45, 2.75) is 32.1 Å². The molecule has 1 aromatic carbocycles. The highest BCUT2D eigenvalue weighted by molar-refractivity contribution is 6.30.